The molecule has 0 fully saturated rings. The van der Waals surface area contributed by atoms with Crippen molar-refractivity contribution in [3.05, 3.63) is 86.3 Å². The number of halogens is 3. The first kappa shape index (κ1) is 24.6. The van der Waals surface area contributed by atoms with Crippen LogP contribution in [0.5, 0.6) is 17.2 Å². The van der Waals surface area contributed by atoms with Gasteiger partial charge in [0.05, 0.1) is 23.9 Å². The third-order valence-electron chi connectivity index (χ3n) is 4.13. The summed E-state index contributed by atoms with van der Waals surface area (Å²) in [7, 11) is 1.43. The van der Waals surface area contributed by atoms with E-state index in [0.717, 1.165) is 4.47 Å². The Morgan fingerprint density at radius 2 is 1.79 bits per heavy atom. The summed E-state index contributed by atoms with van der Waals surface area (Å²) < 4.78 is 17.0. The highest BCUT2D eigenvalue weighted by Gasteiger charge is 2.16. The van der Waals surface area contributed by atoms with E-state index in [4.69, 9.17) is 37.4 Å². The molecular weight excluding hydrogens is 535 g/mol. The molecule has 0 atom stereocenters. The number of carbonyl (C=O) groups is 2. The van der Waals surface area contributed by atoms with Crippen molar-refractivity contribution < 1.29 is 23.8 Å². The van der Waals surface area contributed by atoms with Crippen LogP contribution in [0.1, 0.15) is 15.9 Å². The average Bonchev–Trinajstić information content (AvgIpc) is 2.79. The molecule has 0 aromatic heterocycles. The number of hydrogen-bond donors (Lipinski definition) is 1. The minimum atomic E-state index is -0.658. The van der Waals surface area contributed by atoms with Crippen LogP contribution < -0.4 is 19.6 Å². The van der Waals surface area contributed by atoms with E-state index < -0.39 is 11.9 Å². The fourth-order valence-electron chi connectivity index (χ4n) is 2.55. The largest absolute Gasteiger partial charge is 0.493 e. The molecular formula is C23H17BrCl2N2O5. The third-order valence-corrected chi connectivity index (χ3v) is 5.20. The molecule has 10 heteroatoms. The second kappa shape index (κ2) is 11.7. The maximum atomic E-state index is 12.4. The molecule has 3 rings (SSSR count). The molecule has 0 saturated heterocycles. The van der Waals surface area contributed by atoms with Gasteiger partial charge in [0.25, 0.3) is 5.91 Å². The standard InChI is InChI=1S/C23H17BrCl2N2O5/c1-31-21-10-14(12-27-28-22(29)13-32-17-6-3-15(24)4-7-17)2-9-20(21)33-23(30)18-8-5-16(25)11-19(18)26/h2-12H,13H2,1H3,(H,28,29)/b27-12-. The van der Waals surface area contributed by atoms with Crippen LogP contribution in [0.25, 0.3) is 0 Å². The molecule has 7 nitrogen and oxygen atoms in total. The van der Waals surface area contributed by atoms with Crippen LogP contribution in [0.3, 0.4) is 0 Å². The predicted molar refractivity (Wildman–Crippen MR) is 130 cm³/mol. The summed E-state index contributed by atoms with van der Waals surface area (Å²) in [5.74, 6) is -0.0343. The van der Waals surface area contributed by atoms with E-state index in [1.165, 1.54) is 25.5 Å². The van der Waals surface area contributed by atoms with Gasteiger partial charge < -0.3 is 14.2 Å². The van der Waals surface area contributed by atoms with Crippen molar-refractivity contribution in [2.45, 2.75) is 0 Å². The van der Waals surface area contributed by atoms with Crippen LogP contribution in [0.4, 0.5) is 0 Å². The number of carbonyl (C=O) groups excluding carboxylic acids is 2. The first-order chi connectivity index (χ1) is 15.9. The van der Waals surface area contributed by atoms with Crippen LogP contribution in [0.15, 0.2) is 70.2 Å². The van der Waals surface area contributed by atoms with Crippen molar-refractivity contribution >= 4 is 57.2 Å². The second-order valence-electron chi connectivity index (χ2n) is 6.46. The Morgan fingerprint density at radius 3 is 2.48 bits per heavy atom. The van der Waals surface area contributed by atoms with Gasteiger partial charge in [0.2, 0.25) is 0 Å². The van der Waals surface area contributed by atoms with Gasteiger partial charge in [-0.25, -0.2) is 10.2 Å². The zero-order chi connectivity index (χ0) is 23.8. The smallest absolute Gasteiger partial charge is 0.345 e. The van der Waals surface area contributed by atoms with Crippen molar-refractivity contribution in [1.29, 1.82) is 0 Å². The van der Waals surface area contributed by atoms with E-state index >= 15 is 0 Å². The Hall–Kier alpha value is -3.07. The molecule has 0 saturated carbocycles. The Bertz CT molecular complexity index is 1190. The SMILES string of the molecule is COc1cc(/C=N\NC(=O)COc2ccc(Br)cc2)ccc1OC(=O)c1ccc(Cl)cc1Cl. The van der Waals surface area contributed by atoms with Gasteiger partial charge in [-0.05, 0) is 66.2 Å². The number of benzene rings is 3. The number of hydrazone groups is 1. The van der Waals surface area contributed by atoms with Crippen LogP contribution in [0, 0.1) is 0 Å². The van der Waals surface area contributed by atoms with Gasteiger partial charge in [0.15, 0.2) is 18.1 Å². The summed E-state index contributed by atoms with van der Waals surface area (Å²) in [5, 5.41) is 4.48. The zero-order valence-corrected chi connectivity index (χ0v) is 20.3. The molecule has 170 valence electrons. The van der Waals surface area contributed by atoms with E-state index in [1.54, 1.807) is 36.4 Å². The van der Waals surface area contributed by atoms with Crippen molar-refractivity contribution in [3.63, 3.8) is 0 Å². The molecule has 0 radical (unpaired) electrons. The Kier molecular flexibility index (Phi) is 8.71. The highest BCUT2D eigenvalue weighted by molar-refractivity contribution is 9.10. The number of ether oxygens (including phenoxy) is 3. The summed E-state index contributed by atoms with van der Waals surface area (Å²) in [4.78, 5) is 24.3. The van der Waals surface area contributed by atoms with Crippen LogP contribution in [-0.4, -0.2) is 31.8 Å². The number of esters is 1. The summed E-state index contributed by atoms with van der Waals surface area (Å²) in [6, 6.07) is 16.3. The monoisotopic (exact) mass is 550 g/mol. The molecule has 33 heavy (non-hydrogen) atoms. The maximum absolute atomic E-state index is 12.4. The van der Waals surface area contributed by atoms with Gasteiger partial charge in [-0.2, -0.15) is 5.10 Å². The molecule has 0 heterocycles. The quantitative estimate of drug-likeness (QED) is 0.172. The molecule has 0 spiro atoms. The lowest BCUT2D eigenvalue weighted by molar-refractivity contribution is -0.123. The predicted octanol–water partition coefficient (Wildman–Crippen LogP) is 5.51. The summed E-state index contributed by atoms with van der Waals surface area (Å²) in [6.45, 7) is -0.190. The van der Waals surface area contributed by atoms with Gasteiger partial charge in [-0.3, -0.25) is 4.79 Å². The Morgan fingerprint density at radius 1 is 1.03 bits per heavy atom. The number of nitrogens with zero attached hydrogens (tertiary/aromatic N) is 1. The van der Waals surface area contributed by atoms with E-state index in [0.29, 0.717) is 22.1 Å². The fourth-order valence-corrected chi connectivity index (χ4v) is 3.30. The second-order valence-corrected chi connectivity index (χ2v) is 8.22. The number of methoxy groups -OCH3 is 1. The molecule has 3 aromatic carbocycles. The maximum Gasteiger partial charge on any atom is 0.345 e. The summed E-state index contributed by atoms with van der Waals surface area (Å²) in [5.41, 5.74) is 3.14. The van der Waals surface area contributed by atoms with E-state index in [2.05, 4.69) is 26.5 Å². The van der Waals surface area contributed by atoms with Crippen molar-refractivity contribution in [3.8, 4) is 17.2 Å². The average molecular weight is 552 g/mol. The van der Waals surface area contributed by atoms with E-state index in [9.17, 15) is 9.59 Å². The van der Waals surface area contributed by atoms with Gasteiger partial charge >= 0.3 is 5.97 Å². The van der Waals surface area contributed by atoms with Crippen LogP contribution in [-0.2, 0) is 4.79 Å². The molecule has 0 aliphatic carbocycles. The van der Waals surface area contributed by atoms with E-state index in [1.807, 2.05) is 12.1 Å². The van der Waals surface area contributed by atoms with Gasteiger partial charge in [-0.1, -0.05) is 39.1 Å². The van der Waals surface area contributed by atoms with Gasteiger partial charge in [0, 0.05) is 9.50 Å². The Labute approximate surface area is 208 Å². The summed E-state index contributed by atoms with van der Waals surface area (Å²) in [6.07, 6.45) is 1.42. The molecule has 0 aliphatic rings. The minimum Gasteiger partial charge on any atom is -0.493 e. The molecule has 0 unspecified atom stereocenters. The van der Waals surface area contributed by atoms with Crippen molar-refractivity contribution in [2.24, 2.45) is 5.10 Å². The normalized spacial score (nSPS) is 10.7. The number of amides is 1. The summed E-state index contributed by atoms with van der Waals surface area (Å²) >= 11 is 15.2. The fraction of sp³-hybridized carbons (Fsp3) is 0.0870. The number of hydrogen-bond acceptors (Lipinski definition) is 6. The zero-order valence-electron chi connectivity index (χ0n) is 17.2. The first-order valence-electron chi connectivity index (χ1n) is 9.41. The number of nitrogens with one attached hydrogen (secondary N) is 1. The van der Waals surface area contributed by atoms with Gasteiger partial charge in [0.1, 0.15) is 5.75 Å². The molecule has 1 amide bonds. The van der Waals surface area contributed by atoms with Crippen molar-refractivity contribution in [1.82, 2.24) is 5.43 Å². The number of rotatable bonds is 8. The highest BCUT2D eigenvalue weighted by Crippen LogP contribution is 2.30. The highest BCUT2D eigenvalue weighted by atomic mass is 79.9. The lowest BCUT2D eigenvalue weighted by Gasteiger charge is -2.10. The van der Waals surface area contributed by atoms with Crippen LogP contribution >= 0.6 is 39.1 Å². The lowest BCUT2D eigenvalue weighted by Crippen LogP contribution is -2.24. The third kappa shape index (κ3) is 7.21. The molecule has 3 aromatic rings. The van der Waals surface area contributed by atoms with Gasteiger partial charge in [-0.15, -0.1) is 0 Å². The Balaban J connectivity index is 1.58. The molecule has 1 N–H and O–H groups in total. The molecule has 0 aliphatic heterocycles. The first-order valence-corrected chi connectivity index (χ1v) is 11.0. The van der Waals surface area contributed by atoms with E-state index in [-0.39, 0.29) is 22.9 Å². The molecule has 0 bridgehead atoms. The van der Waals surface area contributed by atoms with Crippen LogP contribution in [0.2, 0.25) is 10.0 Å². The lowest BCUT2D eigenvalue weighted by atomic mass is 10.2. The van der Waals surface area contributed by atoms with Crippen molar-refractivity contribution in [2.75, 3.05) is 13.7 Å². The topological polar surface area (TPSA) is 86.2 Å². The minimum absolute atomic E-state index is 0.168.